The van der Waals surface area contributed by atoms with E-state index in [0.717, 1.165) is 0 Å². The van der Waals surface area contributed by atoms with Gasteiger partial charge in [0.25, 0.3) is 5.91 Å². The highest BCUT2D eigenvalue weighted by atomic mass is 79.9. The average Bonchev–Trinajstić information content (AvgIpc) is 2.87. The van der Waals surface area contributed by atoms with Gasteiger partial charge in [0, 0.05) is 5.56 Å². The summed E-state index contributed by atoms with van der Waals surface area (Å²) in [5.41, 5.74) is 4.20. The van der Waals surface area contributed by atoms with Crippen molar-refractivity contribution in [3.05, 3.63) is 94.2 Å². The van der Waals surface area contributed by atoms with E-state index in [1.165, 1.54) is 25.5 Å². The quantitative estimate of drug-likeness (QED) is 0.170. The number of hydrazone groups is 1. The number of carbonyl (C=O) groups is 1. The van der Waals surface area contributed by atoms with Gasteiger partial charge in [-0.25, -0.2) is 9.82 Å². The lowest BCUT2D eigenvalue weighted by Gasteiger charge is -2.13. The van der Waals surface area contributed by atoms with Crippen LogP contribution in [0.25, 0.3) is 0 Å². The maximum absolute atomic E-state index is 13.4. The number of hydrogen-bond donors (Lipinski definition) is 1. The average molecular weight is 557 g/mol. The van der Waals surface area contributed by atoms with Crippen molar-refractivity contribution < 1.29 is 28.1 Å². The van der Waals surface area contributed by atoms with Gasteiger partial charge >= 0.3 is 0 Å². The molecule has 188 valence electrons. The molecule has 3 aromatic carbocycles. The van der Waals surface area contributed by atoms with E-state index in [4.69, 9.17) is 18.9 Å². The Hall–Kier alpha value is -3.85. The lowest BCUT2D eigenvalue weighted by atomic mass is 10.2. The summed E-state index contributed by atoms with van der Waals surface area (Å²) in [5, 5.41) is 4.05. The van der Waals surface area contributed by atoms with Crippen molar-refractivity contribution in [2.75, 3.05) is 20.3 Å². The molecule has 36 heavy (non-hydrogen) atoms. The Balaban J connectivity index is 1.68. The van der Waals surface area contributed by atoms with Crippen LogP contribution in [-0.4, -0.2) is 32.4 Å². The minimum absolute atomic E-state index is 0.164. The predicted octanol–water partition coefficient (Wildman–Crippen LogP) is 5.90. The van der Waals surface area contributed by atoms with E-state index in [1.54, 1.807) is 48.5 Å². The summed E-state index contributed by atoms with van der Waals surface area (Å²) in [4.78, 5) is 12.6. The summed E-state index contributed by atoms with van der Waals surface area (Å²) in [6.07, 6.45) is 3.11. The van der Waals surface area contributed by atoms with E-state index in [-0.39, 0.29) is 12.4 Å². The normalized spacial score (nSPS) is 10.7. The van der Waals surface area contributed by atoms with Crippen molar-refractivity contribution in [2.24, 2.45) is 5.10 Å². The number of ether oxygens (including phenoxy) is 4. The maximum atomic E-state index is 13.4. The molecule has 0 aliphatic heterocycles. The predicted molar refractivity (Wildman–Crippen MR) is 140 cm³/mol. The number of methoxy groups -OCH3 is 1. The SMILES string of the molecule is C=CCOc1ccc(C(=O)N/N=C/c2cc(Br)c(OCc3cccc(F)c3)c(OC)c2)cc1OCC. The Kier molecular flexibility index (Phi) is 9.88. The monoisotopic (exact) mass is 556 g/mol. The smallest absolute Gasteiger partial charge is 0.271 e. The molecule has 0 heterocycles. The molecule has 0 fully saturated rings. The first-order chi connectivity index (χ1) is 17.4. The van der Waals surface area contributed by atoms with Crippen LogP contribution in [-0.2, 0) is 6.61 Å². The molecule has 0 saturated heterocycles. The minimum atomic E-state index is -0.413. The molecule has 1 amide bonds. The molecule has 0 aliphatic carbocycles. The van der Waals surface area contributed by atoms with Crippen molar-refractivity contribution in [3.8, 4) is 23.0 Å². The van der Waals surface area contributed by atoms with E-state index < -0.39 is 5.91 Å². The van der Waals surface area contributed by atoms with Crippen LogP contribution in [0.4, 0.5) is 4.39 Å². The van der Waals surface area contributed by atoms with E-state index in [1.807, 2.05) is 6.92 Å². The van der Waals surface area contributed by atoms with Crippen molar-refractivity contribution >= 4 is 28.1 Å². The summed E-state index contributed by atoms with van der Waals surface area (Å²) in [6, 6.07) is 14.5. The molecular weight excluding hydrogens is 531 g/mol. The lowest BCUT2D eigenvalue weighted by Crippen LogP contribution is -2.17. The van der Waals surface area contributed by atoms with E-state index in [2.05, 4.69) is 33.0 Å². The van der Waals surface area contributed by atoms with E-state index >= 15 is 0 Å². The first kappa shape index (κ1) is 26.7. The van der Waals surface area contributed by atoms with Crippen LogP contribution in [0.1, 0.15) is 28.4 Å². The van der Waals surface area contributed by atoms with Crippen molar-refractivity contribution in [1.82, 2.24) is 5.43 Å². The molecule has 0 aliphatic rings. The highest BCUT2D eigenvalue weighted by Gasteiger charge is 2.13. The molecule has 7 nitrogen and oxygen atoms in total. The van der Waals surface area contributed by atoms with Gasteiger partial charge in [0.1, 0.15) is 19.0 Å². The number of amides is 1. The van der Waals surface area contributed by atoms with Gasteiger partial charge in [0.2, 0.25) is 0 Å². The third-order valence-electron chi connectivity index (χ3n) is 4.77. The van der Waals surface area contributed by atoms with Gasteiger partial charge in [-0.2, -0.15) is 5.10 Å². The molecule has 0 saturated carbocycles. The molecule has 3 aromatic rings. The number of hydrogen-bond acceptors (Lipinski definition) is 6. The van der Waals surface area contributed by atoms with Crippen LogP contribution in [0.5, 0.6) is 23.0 Å². The largest absolute Gasteiger partial charge is 0.493 e. The lowest BCUT2D eigenvalue weighted by molar-refractivity contribution is 0.0954. The Labute approximate surface area is 217 Å². The summed E-state index contributed by atoms with van der Waals surface area (Å²) in [7, 11) is 1.51. The first-order valence-corrected chi connectivity index (χ1v) is 11.8. The van der Waals surface area contributed by atoms with Crippen LogP contribution >= 0.6 is 15.9 Å². The van der Waals surface area contributed by atoms with Gasteiger partial charge in [-0.1, -0.05) is 24.8 Å². The van der Waals surface area contributed by atoms with Crippen LogP contribution in [0, 0.1) is 5.82 Å². The number of benzene rings is 3. The standard InChI is InChI=1S/C27H26BrFN2O5/c1-4-11-35-23-10-9-20(15-24(23)34-5-2)27(32)31-30-16-19-13-22(28)26(25(14-19)33-3)36-17-18-7-6-8-21(29)12-18/h4,6-10,12-16H,1,5,11,17H2,2-3H3,(H,31,32)/b30-16+. The number of nitrogens with one attached hydrogen (secondary N) is 1. The molecule has 9 heteroatoms. The van der Waals surface area contributed by atoms with Gasteiger partial charge in [0.15, 0.2) is 23.0 Å². The van der Waals surface area contributed by atoms with Crippen LogP contribution in [0.2, 0.25) is 0 Å². The Morgan fingerprint density at radius 1 is 1.08 bits per heavy atom. The maximum Gasteiger partial charge on any atom is 0.271 e. The van der Waals surface area contributed by atoms with Gasteiger partial charge in [-0.05, 0) is 76.4 Å². The van der Waals surface area contributed by atoms with Crippen LogP contribution in [0.3, 0.4) is 0 Å². The van der Waals surface area contributed by atoms with Gasteiger partial charge in [-0.3, -0.25) is 4.79 Å². The van der Waals surface area contributed by atoms with Crippen LogP contribution < -0.4 is 24.4 Å². The Bertz CT molecular complexity index is 1250. The zero-order valence-electron chi connectivity index (χ0n) is 19.9. The third kappa shape index (κ3) is 7.32. The molecule has 0 spiro atoms. The summed E-state index contributed by atoms with van der Waals surface area (Å²) < 4.78 is 36.4. The van der Waals surface area contributed by atoms with E-state index in [9.17, 15) is 9.18 Å². The Morgan fingerprint density at radius 2 is 1.92 bits per heavy atom. The zero-order chi connectivity index (χ0) is 25.9. The summed E-state index contributed by atoms with van der Waals surface area (Å²) in [5.74, 6) is 1.15. The fraction of sp³-hybridized carbons (Fsp3) is 0.185. The molecule has 0 aromatic heterocycles. The van der Waals surface area contributed by atoms with Crippen molar-refractivity contribution in [3.63, 3.8) is 0 Å². The second-order valence-electron chi connectivity index (χ2n) is 7.35. The first-order valence-electron chi connectivity index (χ1n) is 11.0. The zero-order valence-corrected chi connectivity index (χ0v) is 21.5. The topological polar surface area (TPSA) is 78.4 Å². The number of carbonyl (C=O) groups excluding carboxylic acids is 1. The number of halogens is 2. The summed E-state index contributed by atoms with van der Waals surface area (Å²) in [6.45, 7) is 6.38. The summed E-state index contributed by atoms with van der Waals surface area (Å²) >= 11 is 3.47. The second kappa shape index (κ2) is 13.3. The van der Waals surface area contributed by atoms with Crippen LogP contribution in [0.15, 0.2) is 76.8 Å². The molecule has 0 radical (unpaired) electrons. The fourth-order valence-electron chi connectivity index (χ4n) is 3.15. The minimum Gasteiger partial charge on any atom is -0.493 e. The van der Waals surface area contributed by atoms with Gasteiger partial charge in [-0.15, -0.1) is 0 Å². The third-order valence-corrected chi connectivity index (χ3v) is 5.36. The fourth-order valence-corrected chi connectivity index (χ4v) is 3.73. The Morgan fingerprint density at radius 3 is 2.64 bits per heavy atom. The van der Waals surface area contributed by atoms with E-state index in [0.29, 0.717) is 57.4 Å². The van der Waals surface area contributed by atoms with Gasteiger partial charge in [0.05, 0.1) is 24.4 Å². The molecule has 0 unspecified atom stereocenters. The molecular formula is C27H26BrFN2O5. The molecule has 3 rings (SSSR count). The number of rotatable bonds is 12. The molecule has 0 atom stereocenters. The number of nitrogens with zero attached hydrogens (tertiary/aromatic N) is 1. The molecule has 1 N–H and O–H groups in total. The van der Waals surface area contributed by atoms with Crippen molar-refractivity contribution in [2.45, 2.75) is 13.5 Å². The van der Waals surface area contributed by atoms with Crippen molar-refractivity contribution in [1.29, 1.82) is 0 Å². The highest BCUT2D eigenvalue weighted by molar-refractivity contribution is 9.10. The van der Waals surface area contributed by atoms with Gasteiger partial charge < -0.3 is 18.9 Å². The molecule has 0 bridgehead atoms. The second-order valence-corrected chi connectivity index (χ2v) is 8.20. The highest BCUT2D eigenvalue weighted by Crippen LogP contribution is 2.37.